The first-order chi connectivity index (χ1) is 9.75. The summed E-state index contributed by atoms with van der Waals surface area (Å²) in [6.07, 6.45) is 12.4. The van der Waals surface area contributed by atoms with Gasteiger partial charge in [-0.15, -0.1) is 0 Å². The summed E-state index contributed by atoms with van der Waals surface area (Å²) >= 11 is 0. The number of allylic oxidation sites excluding steroid dienone is 4. The second-order valence-electron chi connectivity index (χ2n) is 4.95. The average molecular weight is 271 g/mol. The Bertz CT molecular complexity index is 494. The van der Waals surface area contributed by atoms with Gasteiger partial charge in [0.1, 0.15) is 0 Å². The zero-order valence-corrected chi connectivity index (χ0v) is 11.9. The number of aromatic nitrogens is 1. The van der Waals surface area contributed by atoms with Gasteiger partial charge in [0, 0.05) is 44.6 Å². The van der Waals surface area contributed by atoms with Crippen LogP contribution in [0.15, 0.2) is 48.5 Å². The second kappa shape index (κ2) is 7.48. The normalized spacial score (nSPS) is 13.8. The molecule has 0 saturated heterocycles. The Kier molecular flexibility index (Phi) is 5.35. The van der Waals surface area contributed by atoms with Gasteiger partial charge in [-0.1, -0.05) is 18.2 Å². The van der Waals surface area contributed by atoms with E-state index in [4.69, 9.17) is 0 Å². The molecule has 0 aromatic carbocycles. The lowest BCUT2D eigenvalue weighted by molar-refractivity contribution is -0.130. The van der Waals surface area contributed by atoms with E-state index in [0.717, 1.165) is 18.4 Å². The first kappa shape index (κ1) is 14.3. The van der Waals surface area contributed by atoms with Crippen LogP contribution < -0.4 is 5.32 Å². The molecule has 0 radical (unpaired) electrons. The van der Waals surface area contributed by atoms with Crippen LogP contribution in [0, 0.1) is 0 Å². The Morgan fingerprint density at radius 1 is 1.50 bits per heavy atom. The third kappa shape index (κ3) is 4.53. The van der Waals surface area contributed by atoms with Gasteiger partial charge < -0.3 is 10.2 Å². The third-order valence-electron chi connectivity index (χ3n) is 3.27. The lowest BCUT2D eigenvalue weighted by Gasteiger charge is -2.18. The maximum absolute atomic E-state index is 12.0. The van der Waals surface area contributed by atoms with Crippen LogP contribution in [0.3, 0.4) is 0 Å². The van der Waals surface area contributed by atoms with E-state index in [9.17, 15) is 4.79 Å². The average Bonchev–Trinajstić information content (AvgIpc) is 2.49. The summed E-state index contributed by atoms with van der Waals surface area (Å²) in [6, 6.07) is 3.87. The Morgan fingerprint density at radius 2 is 2.40 bits per heavy atom. The molecular weight excluding hydrogens is 250 g/mol. The number of nitrogens with zero attached hydrogens (tertiary/aromatic N) is 2. The fourth-order valence-electron chi connectivity index (χ4n) is 2.12. The predicted molar refractivity (Wildman–Crippen MR) is 79.8 cm³/mol. The van der Waals surface area contributed by atoms with Crippen molar-refractivity contribution in [1.82, 2.24) is 15.2 Å². The van der Waals surface area contributed by atoms with Crippen molar-refractivity contribution >= 4 is 5.91 Å². The van der Waals surface area contributed by atoms with Gasteiger partial charge in [-0.3, -0.25) is 9.78 Å². The molecule has 1 aromatic rings. The first-order valence-electron chi connectivity index (χ1n) is 6.98. The summed E-state index contributed by atoms with van der Waals surface area (Å²) in [5.41, 5.74) is 2.27. The van der Waals surface area contributed by atoms with Crippen molar-refractivity contribution < 1.29 is 4.79 Å². The molecule has 0 unspecified atom stereocenters. The predicted octanol–water partition coefficient (Wildman–Crippen LogP) is 2.25. The third-order valence-corrected chi connectivity index (χ3v) is 3.27. The highest BCUT2D eigenvalue weighted by Crippen LogP contribution is 2.08. The largest absolute Gasteiger partial charge is 0.388 e. The van der Waals surface area contributed by atoms with E-state index in [1.165, 1.54) is 5.70 Å². The summed E-state index contributed by atoms with van der Waals surface area (Å²) in [4.78, 5) is 17.8. The highest BCUT2D eigenvalue weighted by atomic mass is 16.2. The molecule has 1 aliphatic carbocycles. The van der Waals surface area contributed by atoms with Crippen LogP contribution in [0.25, 0.3) is 0 Å². The van der Waals surface area contributed by atoms with E-state index in [0.29, 0.717) is 19.5 Å². The molecule has 4 heteroatoms. The minimum absolute atomic E-state index is 0.147. The molecule has 0 fully saturated rings. The minimum Gasteiger partial charge on any atom is -0.388 e. The van der Waals surface area contributed by atoms with Gasteiger partial charge >= 0.3 is 0 Å². The number of hydrogen-bond donors (Lipinski definition) is 1. The fourth-order valence-corrected chi connectivity index (χ4v) is 2.12. The summed E-state index contributed by atoms with van der Waals surface area (Å²) in [5, 5.41) is 3.32. The molecule has 0 aliphatic heterocycles. The van der Waals surface area contributed by atoms with Crippen LogP contribution in [0.2, 0.25) is 0 Å². The molecule has 0 saturated carbocycles. The molecule has 2 rings (SSSR count). The maximum atomic E-state index is 12.0. The summed E-state index contributed by atoms with van der Waals surface area (Å²) in [7, 11) is 1.83. The van der Waals surface area contributed by atoms with Crippen molar-refractivity contribution in [3.8, 4) is 0 Å². The number of hydrogen-bond acceptors (Lipinski definition) is 3. The van der Waals surface area contributed by atoms with Crippen LogP contribution in [0.4, 0.5) is 0 Å². The lowest BCUT2D eigenvalue weighted by atomic mass is 10.1. The van der Waals surface area contributed by atoms with Crippen molar-refractivity contribution in [3.05, 3.63) is 54.0 Å². The molecule has 0 bridgehead atoms. The fraction of sp³-hybridized carbons (Fsp3) is 0.375. The van der Waals surface area contributed by atoms with Gasteiger partial charge in [0.2, 0.25) is 5.91 Å². The molecule has 1 aliphatic rings. The Hall–Kier alpha value is -2.10. The van der Waals surface area contributed by atoms with E-state index < -0.39 is 0 Å². The lowest BCUT2D eigenvalue weighted by Crippen LogP contribution is -2.29. The number of rotatable bonds is 6. The molecule has 4 nitrogen and oxygen atoms in total. The van der Waals surface area contributed by atoms with Gasteiger partial charge in [0.25, 0.3) is 0 Å². The quantitative estimate of drug-likeness (QED) is 0.863. The number of nitrogens with one attached hydrogen (secondary N) is 1. The number of pyridine rings is 1. The van der Waals surface area contributed by atoms with E-state index in [2.05, 4.69) is 28.5 Å². The van der Waals surface area contributed by atoms with Gasteiger partial charge in [0.15, 0.2) is 0 Å². The van der Waals surface area contributed by atoms with E-state index >= 15 is 0 Å². The smallest absolute Gasteiger partial charge is 0.224 e. The Balaban J connectivity index is 1.71. The minimum atomic E-state index is 0.147. The summed E-state index contributed by atoms with van der Waals surface area (Å²) < 4.78 is 0. The standard InChI is InChI=1S/C16H21N3O/c1-19(13-14-6-5-10-17-12-14)16(20)9-11-18-15-7-3-2-4-8-15/h2-3,5-7,10,12,18H,4,8-9,11,13H2,1H3. The van der Waals surface area contributed by atoms with E-state index in [1.54, 1.807) is 17.3 Å². The molecule has 20 heavy (non-hydrogen) atoms. The molecule has 0 atom stereocenters. The van der Waals surface area contributed by atoms with Crippen molar-refractivity contribution in [1.29, 1.82) is 0 Å². The van der Waals surface area contributed by atoms with Gasteiger partial charge in [0.05, 0.1) is 0 Å². The Morgan fingerprint density at radius 3 is 3.10 bits per heavy atom. The first-order valence-corrected chi connectivity index (χ1v) is 6.98. The Labute approximate surface area is 120 Å². The molecule has 1 N–H and O–H groups in total. The van der Waals surface area contributed by atoms with E-state index in [-0.39, 0.29) is 5.91 Å². The molecule has 1 heterocycles. The highest BCUT2D eigenvalue weighted by Gasteiger charge is 2.09. The highest BCUT2D eigenvalue weighted by molar-refractivity contribution is 5.76. The van der Waals surface area contributed by atoms with Crippen LogP contribution in [-0.4, -0.2) is 29.4 Å². The molecular formula is C16H21N3O. The number of amides is 1. The van der Waals surface area contributed by atoms with Gasteiger partial charge in [-0.25, -0.2) is 0 Å². The monoisotopic (exact) mass is 271 g/mol. The van der Waals surface area contributed by atoms with Crippen molar-refractivity contribution in [2.75, 3.05) is 13.6 Å². The van der Waals surface area contributed by atoms with Gasteiger partial charge in [-0.05, 0) is 30.5 Å². The number of carbonyl (C=O) groups excluding carboxylic acids is 1. The molecule has 106 valence electrons. The molecule has 1 aromatic heterocycles. The van der Waals surface area contributed by atoms with E-state index in [1.807, 2.05) is 19.2 Å². The van der Waals surface area contributed by atoms with Crippen LogP contribution in [0.1, 0.15) is 24.8 Å². The SMILES string of the molecule is CN(Cc1cccnc1)C(=O)CCNC1=CC=CCC1. The summed E-state index contributed by atoms with van der Waals surface area (Å²) in [5.74, 6) is 0.147. The van der Waals surface area contributed by atoms with Gasteiger partial charge in [-0.2, -0.15) is 0 Å². The van der Waals surface area contributed by atoms with Crippen molar-refractivity contribution in [2.45, 2.75) is 25.8 Å². The zero-order chi connectivity index (χ0) is 14.2. The summed E-state index contributed by atoms with van der Waals surface area (Å²) in [6.45, 7) is 1.30. The number of carbonyl (C=O) groups is 1. The maximum Gasteiger partial charge on any atom is 0.224 e. The molecule has 0 spiro atoms. The topological polar surface area (TPSA) is 45.2 Å². The second-order valence-corrected chi connectivity index (χ2v) is 4.95. The van der Waals surface area contributed by atoms with Crippen molar-refractivity contribution in [2.24, 2.45) is 0 Å². The van der Waals surface area contributed by atoms with Crippen LogP contribution in [0.5, 0.6) is 0 Å². The van der Waals surface area contributed by atoms with Crippen LogP contribution >= 0.6 is 0 Å². The molecule has 1 amide bonds. The van der Waals surface area contributed by atoms with Crippen molar-refractivity contribution in [3.63, 3.8) is 0 Å². The van der Waals surface area contributed by atoms with Crippen LogP contribution in [-0.2, 0) is 11.3 Å². The zero-order valence-electron chi connectivity index (χ0n) is 11.9.